The maximum absolute atomic E-state index is 9.03. The molecular weight excluding hydrogens is 198 g/mol. The minimum Gasteiger partial charge on any atom is -0.331 e. The first kappa shape index (κ1) is 10.7. The molecule has 3 nitrogen and oxygen atoms in total. The van der Waals surface area contributed by atoms with E-state index in [0.717, 1.165) is 23.3 Å². The second-order valence-corrected chi connectivity index (χ2v) is 4.12. The average molecular weight is 213 g/mol. The number of para-hydroxylation sites is 1. The van der Waals surface area contributed by atoms with Gasteiger partial charge in [0.25, 0.3) is 0 Å². The molecule has 0 radical (unpaired) electrons. The van der Waals surface area contributed by atoms with Gasteiger partial charge in [-0.1, -0.05) is 19.9 Å². The molecule has 1 heterocycles. The van der Waals surface area contributed by atoms with Gasteiger partial charge in [-0.2, -0.15) is 5.26 Å². The molecule has 0 saturated carbocycles. The number of aromatic nitrogens is 2. The van der Waals surface area contributed by atoms with Crippen molar-refractivity contribution in [1.29, 1.82) is 5.26 Å². The number of hydrogen-bond donors (Lipinski definition) is 0. The highest BCUT2D eigenvalue weighted by atomic mass is 15.1. The molecule has 0 spiro atoms. The first-order valence-electron chi connectivity index (χ1n) is 5.54. The zero-order valence-electron chi connectivity index (χ0n) is 9.86. The molecule has 0 aliphatic rings. The van der Waals surface area contributed by atoms with Gasteiger partial charge in [0.05, 0.1) is 11.1 Å². The molecule has 1 aromatic carbocycles. The third kappa shape index (κ3) is 1.47. The Morgan fingerprint density at radius 2 is 2.25 bits per heavy atom. The molecule has 0 amide bonds. The predicted molar refractivity (Wildman–Crippen MR) is 64.1 cm³/mol. The van der Waals surface area contributed by atoms with Crippen LogP contribution in [0.25, 0.3) is 11.0 Å². The van der Waals surface area contributed by atoms with Gasteiger partial charge in [0, 0.05) is 13.0 Å². The second-order valence-electron chi connectivity index (χ2n) is 4.12. The van der Waals surface area contributed by atoms with E-state index in [2.05, 4.69) is 29.5 Å². The van der Waals surface area contributed by atoms with Crippen LogP contribution in [0.15, 0.2) is 18.2 Å². The first-order valence-corrected chi connectivity index (χ1v) is 5.54. The standard InChI is InChI=1S/C13H15N3/c1-4-9(2)13-15-12-10(8-14)6-5-7-11(12)16(13)3/h5-7,9H,4H2,1-3H3. The summed E-state index contributed by atoms with van der Waals surface area (Å²) in [5.41, 5.74) is 2.51. The lowest BCUT2D eigenvalue weighted by Gasteiger charge is -2.07. The molecular formula is C13H15N3. The van der Waals surface area contributed by atoms with Crippen LogP contribution in [0.4, 0.5) is 0 Å². The van der Waals surface area contributed by atoms with Crippen LogP contribution in [0.3, 0.4) is 0 Å². The summed E-state index contributed by atoms with van der Waals surface area (Å²) in [7, 11) is 2.01. The number of rotatable bonds is 2. The number of nitriles is 1. The van der Waals surface area contributed by atoms with Gasteiger partial charge < -0.3 is 4.57 Å². The van der Waals surface area contributed by atoms with E-state index >= 15 is 0 Å². The molecule has 2 aromatic rings. The van der Waals surface area contributed by atoms with Gasteiger partial charge >= 0.3 is 0 Å². The van der Waals surface area contributed by atoms with E-state index in [9.17, 15) is 0 Å². The van der Waals surface area contributed by atoms with E-state index in [1.807, 2.05) is 25.2 Å². The maximum Gasteiger partial charge on any atom is 0.112 e. The Kier molecular flexibility index (Phi) is 2.66. The number of imidazole rings is 1. The summed E-state index contributed by atoms with van der Waals surface area (Å²) in [6.45, 7) is 4.31. The molecule has 0 aliphatic heterocycles. The van der Waals surface area contributed by atoms with Crippen molar-refractivity contribution >= 4 is 11.0 Å². The fourth-order valence-corrected chi connectivity index (χ4v) is 1.95. The maximum atomic E-state index is 9.03. The van der Waals surface area contributed by atoms with Gasteiger partial charge in [-0.15, -0.1) is 0 Å². The molecule has 3 heteroatoms. The lowest BCUT2D eigenvalue weighted by molar-refractivity contribution is 0.649. The molecule has 0 aliphatic carbocycles. The Balaban J connectivity index is 2.73. The zero-order valence-corrected chi connectivity index (χ0v) is 9.86. The fourth-order valence-electron chi connectivity index (χ4n) is 1.95. The minimum absolute atomic E-state index is 0.420. The van der Waals surface area contributed by atoms with Crippen LogP contribution in [0, 0.1) is 11.3 Å². The highest BCUT2D eigenvalue weighted by Gasteiger charge is 2.14. The Morgan fingerprint density at radius 1 is 1.50 bits per heavy atom. The molecule has 1 aromatic heterocycles. The fraction of sp³-hybridized carbons (Fsp3) is 0.385. The Morgan fingerprint density at radius 3 is 2.88 bits per heavy atom. The van der Waals surface area contributed by atoms with Crippen molar-refractivity contribution < 1.29 is 0 Å². The van der Waals surface area contributed by atoms with Gasteiger partial charge in [-0.25, -0.2) is 4.98 Å². The topological polar surface area (TPSA) is 41.6 Å². The van der Waals surface area contributed by atoms with Crippen molar-refractivity contribution in [1.82, 2.24) is 9.55 Å². The number of benzene rings is 1. The predicted octanol–water partition coefficient (Wildman–Crippen LogP) is 2.96. The number of aryl methyl sites for hydroxylation is 1. The molecule has 1 atom stereocenters. The van der Waals surface area contributed by atoms with E-state index in [4.69, 9.17) is 5.26 Å². The minimum atomic E-state index is 0.420. The SMILES string of the molecule is CCC(C)c1nc2c(C#N)cccc2n1C. The second kappa shape index (κ2) is 3.97. The Hall–Kier alpha value is -1.82. The molecule has 16 heavy (non-hydrogen) atoms. The Labute approximate surface area is 95.3 Å². The number of fused-ring (bicyclic) bond motifs is 1. The van der Waals surface area contributed by atoms with Crippen LogP contribution < -0.4 is 0 Å². The van der Waals surface area contributed by atoms with Gasteiger partial charge in [-0.05, 0) is 18.6 Å². The molecule has 0 fully saturated rings. The number of hydrogen-bond acceptors (Lipinski definition) is 2. The van der Waals surface area contributed by atoms with Crippen LogP contribution in [0.1, 0.15) is 37.6 Å². The first-order chi connectivity index (χ1) is 7.69. The molecule has 0 saturated heterocycles. The van der Waals surface area contributed by atoms with E-state index in [0.29, 0.717) is 11.5 Å². The molecule has 0 bridgehead atoms. The zero-order chi connectivity index (χ0) is 11.7. The van der Waals surface area contributed by atoms with Crippen molar-refractivity contribution in [2.45, 2.75) is 26.2 Å². The van der Waals surface area contributed by atoms with E-state index < -0.39 is 0 Å². The van der Waals surface area contributed by atoms with Gasteiger partial charge in [0.15, 0.2) is 0 Å². The Bertz CT molecular complexity index is 560. The summed E-state index contributed by atoms with van der Waals surface area (Å²) in [5, 5.41) is 9.03. The van der Waals surface area contributed by atoms with Crippen LogP contribution >= 0.6 is 0 Å². The average Bonchev–Trinajstić information content (AvgIpc) is 2.66. The third-order valence-electron chi connectivity index (χ3n) is 3.12. The van der Waals surface area contributed by atoms with Crippen molar-refractivity contribution in [3.63, 3.8) is 0 Å². The van der Waals surface area contributed by atoms with Crippen LogP contribution in [-0.4, -0.2) is 9.55 Å². The summed E-state index contributed by atoms with van der Waals surface area (Å²) >= 11 is 0. The summed E-state index contributed by atoms with van der Waals surface area (Å²) in [6, 6.07) is 7.92. The largest absolute Gasteiger partial charge is 0.331 e. The van der Waals surface area contributed by atoms with Crippen molar-refractivity contribution in [3.8, 4) is 6.07 Å². The van der Waals surface area contributed by atoms with Crippen molar-refractivity contribution in [2.75, 3.05) is 0 Å². The molecule has 82 valence electrons. The van der Waals surface area contributed by atoms with Crippen molar-refractivity contribution in [3.05, 3.63) is 29.6 Å². The highest BCUT2D eigenvalue weighted by Crippen LogP contribution is 2.24. The molecule has 2 rings (SSSR count). The monoisotopic (exact) mass is 213 g/mol. The lowest BCUT2D eigenvalue weighted by atomic mass is 10.1. The van der Waals surface area contributed by atoms with Gasteiger partial charge in [0.1, 0.15) is 17.4 Å². The number of nitrogens with zero attached hydrogens (tertiary/aromatic N) is 3. The van der Waals surface area contributed by atoms with Crippen LogP contribution in [0.2, 0.25) is 0 Å². The molecule has 0 N–H and O–H groups in total. The smallest absolute Gasteiger partial charge is 0.112 e. The van der Waals surface area contributed by atoms with Gasteiger partial charge in [0.2, 0.25) is 0 Å². The quantitative estimate of drug-likeness (QED) is 0.769. The lowest BCUT2D eigenvalue weighted by Crippen LogP contribution is -2.01. The summed E-state index contributed by atoms with van der Waals surface area (Å²) in [6.07, 6.45) is 1.05. The summed E-state index contributed by atoms with van der Waals surface area (Å²) in [4.78, 5) is 4.59. The van der Waals surface area contributed by atoms with Crippen molar-refractivity contribution in [2.24, 2.45) is 7.05 Å². The van der Waals surface area contributed by atoms with Crippen LogP contribution in [0.5, 0.6) is 0 Å². The normalized spacial score (nSPS) is 12.6. The van der Waals surface area contributed by atoms with Gasteiger partial charge in [-0.3, -0.25) is 0 Å². The van der Waals surface area contributed by atoms with E-state index in [-0.39, 0.29) is 0 Å². The summed E-state index contributed by atoms with van der Waals surface area (Å²) < 4.78 is 2.09. The third-order valence-corrected chi connectivity index (χ3v) is 3.12. The van der Waals surface area contributed by atoms with E-state index in [1.54, 1.807) is 0 Å². The summed E-state index contributed by atoms with van der Waals surface area (Å²) in [5.74, 6) is 1.48. The van der Waals surface area contributed by atoms with Crippen LogP contribution in [-0.2, 0) is 7.05 Å². The molecule has 1 unspecified atom stereocenters. The van der Waals surface area contributed by atoms with E-state index in [1.165, 1.54) is 0 Å². The highest BCUT2D eigenvalue weighted by molar-refractivity contribution is 5.82.